The molecule has 2 amide bonds. The summed E-state index contributed by atoms with van der Waals surface area (Å²) < 4.78 is 15.1. The van der Waals surface area contributed by atoms with Gasteiger partial charge in [0.1, 0.15) is 17.7 Å². The molecule has 0 spiro atoms. The van der Waals surface area contributed by atoms with Crippen LogP contribution in [0.2, 0.25) is 0 Å². The number of imidazole rings is 1. The van der Waals surface area contributed by atoms with Gasteiger partial charge in [-0.25, -0.2) is 14.2 Å². The number of aromatic nitrogens is 3. The number of piperidine rings is 1. The Morgan fingerprint density at radius 2 is 2.18 bits per heavy atom. The van der Waals surface area contributed by atoms with Gasteiger partial charge in [-0.1, -0.05) is 0 Å². The van der Waals surface area contributed by atoms with E-state index >= 15 is 0 Å². The molecule has 4 rings (SSSR count). The van der Waals surface area contributed by atoms with Crippen molar-refractivity contribution in [2.45, 2.75) is 25.5 Å². The number of aliphatic hydroxyl groups excluding tert-OH is 1. The lowest BCUT2D eigenvalue weighted by Gasteiger charge is -2.34. The van der Waals surface area contributed by atoms with Crippen molar-refractivity contribution >= 4 is 16.9 Å². The molecule has 28 heavy (non-hydrogen) atoms. The lowest BCUT2D eigenvalue weighted by Crippen LogP contribution is -2.45. The van der Waals surface area contributed by atoms with Crippen LogP contribution in [-0.4, -0.2) is 43.7 Å². The van der Waals surface area contributed by atoms with E-state index in [4.69, 9.17) is 0 Å². The summed E-state index contributed by atoms with van der Waals surface area (Å²) in [4.78, 5) is 21.6. The maximum absolute atomic E-state index is 13.3. The van der Waals surface area contributed by atoms with Crippen molar-refractivity contribution in [2.75, 3.05) is 13.1 Å². The van der Waals surface area contributed by atoms with Crippen LogP contribution < -0.4 is 5.32 Å². The average Bonchev–Trinajstić information content (AvgIpc) is 3.31. The number of likely N-dealkylation sites (tertiary alicyclic amines) is 1. The van der Waals surface area contributed by atoms with Gasteiger partial charge in [-0.15, -0.1) is 0 Å². The Morgan fingerprint density at radius 1 is 1.39 bits per heavy atom. The molecule has 148 valence electrons. The van der Waals surface area contributed by atoms with Gasteiger partial charge in [0.25, 0.3) is 0 Å². The SMILES string of the molecule is Cn1ccnc1[C@@H](O)C1CCN(C(=O)NCc2cc3cc(F)ccc3[nH]2)CC1. The standard InChI is InChI=1S/C20H24FN5O2/c1-25-9-6-22-19(25)18(27)13-4-7-26(8-5-13)20(28)23-12-16-11-14-10-15(21)2-3-17(14)24-16/h2-3,6,9-11,13,18,24,27H,4-5,7-8,12H2,1H3,(H,23,28)/t18-/m0/s1. The van der Waals surface area contributed by atoms with Crippen LogP contribution in [0.25, 0.3) is 10.9 Å². The van der Waals surface area contributed by atoms with Crippen molar-refractivity contribution in [1.29, 1.82) is 0 Å². The van der Waals surface area contributed by atoms with E-state index in [0.29, 0.717) is 25.5 Å². The Balaban J connectivity index is 1.29. The number of amides is 2. The number of aromatic amines is 1. The molecule has 3 N–H and O–H groups in total. The molecule has 0 saturated carbocycles. The third kappa shape index (κ3) is 3.73. The number of nitrogens with zero attached hydrogens (tertiary/aromatic N) is 3. The van der Waals surface area contributed by atoms with Gasteiger partial charge in [0.05, 0.1) is 6.54 Å². The number of benzene rings is 1. The zero-order chi connectivity index (χ0) is 19.7. The molecule has 7 nitrogen and oxygen atoms in total. The highest BCUT2D eigenvalue weighted by Gasteiger charge is 2.30. The molecule has 1 aliphatic rings. The third-order valence-corrected chi connectivity index (χ3v) is 5.46. The van der Waals surface area contributed by atoms with Crippen molar-refractivity contribution in [1.82, 2.24) is 24.8 Å². The normalized spacial score (nSPS) is 16.5. The molecule has 1 fully saturated rings. The minimum atomic E-state index is -0.614. The molecule has 3 heterocycles. The van der Waals surface area contributed by atoms with Crippen LogP contribution in [0.5, 0.6) is 0 Å². The predicted molar refractivity (Wildman–Crippen MR) is 103 cm³/mol. The van der Waals surface area contributed by atoms with Gasteiger partial charge < -0.3 is 24.9 Å². The van der Waals surface area contributed by atoms with E-state index < -0.39 is 6.10 Å². The second kappa shape index (κ2) is 7.63. The molecule has 1 atom stereocenters. The van der Waals surface area contributed by atoms with Crippen LogP contribution in [0, 0.1) is 11.7 Å². The number of hydrogen-bond donors (Lipinski definition) is 3. The maximum Gasteiger partial charge on any atom is 0.317 e. The minimum Gasteiger partial charge on any atom is -0.385 e. The third-order valence-electron chi connectivity index (χ3n) is 5.46. The van der Waals surface area contributed by atoms with Crippen LogP contribution in [0.4, 0.5) is 9.18 Å². The molecule has 2 aromatic heterocycles. The molecule has 1 saturated heterocycles. The zero-order valence-electron chi connectivity index (χ0n) is 15.7. The molecule has 1 aromatic carbocycles. The first-order chi connectivity index (χ1) is 13.5. The molecular weight excluding hydrogens is 361 g/mol. The van der Waals surface area contributed by atoms with Gasteiger partial charge >= 0.3 is 6.03 Å². The quantitative estimate of drug-likeness (QED) is 0.645. The molecule has 3 aromatic rings. The Morgan fingerprint density at radius 3 is 2.89 bits per heavy atom. The van der Waals surface area contributed by atoms with Crippen LogP contribution >= 0.6 is 0 Å². The highest BCUT2D eigenvalue weighted by atomic mass is 19.1. The second-order valence-electron chi connectivity index (χ2n) is 7.35. The lowest BCUT2D eigenvalue weighted by molar-refractivity contribution is 0.0584. The van der Waals surface area contributed by atoms with Gasteiger partial charge in [0, 0.05) is 49.1 Å². The fourth-order valence-corrected chi connectivity index (χ4v) is 3.83. The Kier molecular flexibility index (Phi) is 5.04. The first-order valence-electron chi connectivity index (χ1n) is 9.46. The number of urea groups is 1. The van der Waals surface area contributed by atoms with Gasteiger partial charge in [-0.2, -0.15) is 0 Å². The van der Waals surface area contributed by atoms with E-state index in [1.807, 2.05) is 23.9 Å². The Hall–Kier alpha value is -2.87. The summed E-state index contributed by atoms with van der Waals surface area (Å²) in [5.74, 6) is 0.476. The Labute approximate surface area is 162 Å². The lowest BCUT2D eigenvalue weighted by atomic mass is 9.91. The molecule has 0 unspecified atom stereocenters. The molecule has 0 aliphatic carbocycles. The smallest absolute Gasteiger partial charge is 0.317 e. The van der Waals surface area contributed by atoms with Crippen molar-refractivity contribution in [3.05, 3.63) is 54.0 Å². The summed E-state index contributed by atoms with van der Waals surface area (Å²) in [6.45, 7) is 1.54. The predicted octanol–water partition coefficient (Wildman–Crippen LogP) is 2.70. The second-order valence-corrected chi connectivity index (χ2v) is 7.35. The number of fused-ring (bicyclic) bond motifs is 1. The summed E-state index contributed by atoms with van der Waals surface area (Å²) in [5, 5.41) is 14.2. The van der Waals surface area contributed by atoms with Crippen LogP contribution in [0.1, 0.15) is 30.5 Å². The number of carbonyl (C=O) groups excluding carboxylic acids is 1. The van der Waals surface area contributed by atoms with E-state index in [1.54, 1.807) is 17.2 Å². The molecule has 1 aliphatic heterocycles. The van der Waals surface area contributed by atoms with Gasteiger partial charge in [0.15, 0.2) is 0 Å². The largest absolute Gasteiger partial charge is 0.385 e. The molecular formula is C20H24FN5O2. The van der Waals surface area contributed by atoms with E-state index in [1.165, 1.54) is 12.1 Å². The number of hydrogen-bond acceptors (Lipinski definition) is 3. The fraction of sp³-hybridized carbons (Fsp3) is 0.400. The summed E-state index contributed by atoms with van der Waals surface area (Å²) in [5.41, 5.74) is 1.67. The van der Waals surface area contributed by atoms with E-state index in [2.05, 4.69) is 15.3 Å². The summed E-state index contributed by atoms with van der Waals surface area (Å²) in [7, 11) is 1.87. The first-order valence-corrected chi connectivity index (χ1v) is 9.46. The first kappa shape index (κ1) is 18.5. The number of halogens is 1. The van der Waals surface area contributed by atoms with Gasteiger partial charge in [0.2, 0.25) is 0 Å². The summed E-state index contributed by atoms with van der Waals surface area (Å²) in [6.07, 6.45) is 4.34. The number of rotatable bonds is 4. The highest BCUT2D eigenvalue weighted by molar-refractivity contribution is 5.80. The molecule has 8 heteroatoms. The summed E-state index contributed by atoms with van der Waals surface area (Å²) >= 11 is 0. The van der Waals surface area contributed by atoms with Crippen molar-refractivity contribution < 1.29 is 14.3 Å². The number of H-pyrrole nitrogens is 1. The Bertz CT molecular complexity index is 974. The molecule has 0 radical (unpaired) electrons. The van der Waals surface area contributed by atoms with Crippen LogP contribution in [0.15, 0.2) is 36.7 Å². The average molecular weight is 385 g/mol. The van der Waals surface area contributed by atoms with E-state index in [-0.39, 0.29) is 17.8 Å². The topological polar surface area (TPSA) is 86.2 Å². The van der Waals surface area contributed by atoms with Gasteiger partial charge in [-0.3, -0.25) is 0 Å². The summed E-state index contributed by atoms with van der Waals surface area (Å²) in [6, 6.07) is 6.27. The van der Waals surface area contributed by atoms with Crippen molar-refractivity contribution in [3.8, 4) is 0 Å². The molecule has 0 bridgehead atoms. The van der Waals surface area contributed by atoms with Crippen molar-refractivity contribution in [3.63, 3.8) is 0 Å². The van der Waals surface area contributed by atoms with Gasteiger partial charge in [-0.05, 0) is 43.0 Å². The minimum absolute atomic E-state index is 0.0914. The number of carbonyl (C=O) groups is 1. The number of aliphatic hydroxyl groups is 1. The van der Waals surface area contributed by atoms with E-state index in [0.717, 1.165) is 29.4 Å². The van der Waals surface area contributed by atoms with E-state index in [9.17, 15) is 14.3 Å². The maximum atomic E-state index is 13.3. The fourth-order valence-electron chi connectivity index (χ4n) is 3.83. The van der Waals surface area contributed by atoms with Crippen LogP contribution in [0.3, 0.4) is 0 Å². The van der Waals surface area contributed by atoms with Crippen molar-refractivity contribution in [2.24, 2.45) is 13.0 Å². The zero-order valence-corrected chi connectivity index (χ0v) is 15.7. The highest BCUT2D eigenvalue weighted by Crippen LogP contribution is 2.29. The van der Waals surface area contributed by atoms with Crippen LogP contribution in [-0.2, 0) is 13.6 Å². The number of aryl methyl sites for hydroxylation is 1. The monoisotopic (exact) mass is 385 g/mol. The number of nitrogens with one attached hydrogen (secondary N) is 2.